The van der Waals surface area contributed by atoms with Crippen LogP contribution in [0.3, 0.4) is 0 Å². The van der Waals surface area contributed by atoms with Crippen LogP contribution in [-0.4, -0.2) is 27.6 Å². The Kier molecular flexibility index (Phi) is 3.17. The van der Waals surface area contributed by atoms with Crippen molar-refractivity contribution in [3.8, 4) is 0 Å². The largest absolute Gasteiger partial charge is 0.294 e. The molecule has 0 atom stereocenters. The number of benzene rings is 1. The van der Waals surface area contributed by atoms with E-state index in [1.54, 1.807) is 0 Å². The highest BCUT2D eigenvalue weighted by Gasteiger charge is 2.17. The Morgan fingerprint density at radius 2 is 1.67 bits per heavy atom. The summed E-state index contributed by atoms with van der Waals surface area (Å²) in [7, 11) is -7.71. The lowest BCUT2D eigenvalue weighted by Crippen LogP contribution is -2.07. The topological polar surface area (TPSA) is 88.5 Å². The molecule has 0 spiro atoms. The molecule has 5 nitrogen and oxygen atoms in total. The first-order chi connectivity index (χ1) is 6.70. The van der Waals surface area contributed by atoms with Crippen LogP contribution < -0.4 is 0 Å². The summed E-state index contributed by atoms with van der Waals surface area (Å²) >= 11 is 0. The minimum atomic E-state index is -4.37. The van der Waals surface area contributed by atoms with E-state index in [0.717, 1.165) is 12.3 Å². The monoisotopic (exact) mass is 250 g/mol. The van der Waals surface area contributed by atoms with Gasteiger partial charge in [0.1, 0.15) is 0 Å². The van der Waals surface area contributed by atoms with Crippen molar-refractivity contribution in [1.82, 2.24) is 0 Å². The van der Waals surface area contributed by atoms with Crippen molar-refractivity contribution in [3.05, 3.63) is 29.8 Å². The third-order valence-electron chi connectivity index (χ3n) is 1.67. The van der Waals surface area contributed by atoms with E-state index in [0.29, 0.717) is 0 Å². The number of hydrogen-bond acceptors (Lipinski definition) is 4. The minimum Gasteiger partial charge on any atom is -0.282 e. The summed E-state index contributed by atoms with van der Waals surface area (Å²) in [4.78, 5) is -0.365. The minimum absolute atomic E-state index is 0.0718. The Labute approximate surface area is 88.4 Å². The first-order valence-electron chi connectivity index (χ1n) is 3.93. The highest BCUT2D eigenvalue weighted by Crippen LogP contribution is 2.17. The summed E-state index contributed by atoms with van der Waals surface area (Å²) in [5.41, 5.74) is 0.0718. The second-order valence-electron chi connectivity index (χ2n) is 3.15. The van der Waals surface area contributed by atoms with Crippen LogP contribution in [0, 0.1) is 0 Å². The van der Waals surface area contributed by atoms with E-state index in [-0.39, 0.29) is 10.5 Å². The van der Waals surface area contributed by atoms with Gasteiger partial charge in [-0.15, -0.1) is 0 Å². The van der Waals surface area contributed by atoms with Gasteiger partial charge >= 0.3 is 0 Å². The van der Waals surface area contributed by atoms with Crippen molar-refractivity contribution < 1.29 is 21.4 Å². The zero-order chi connectivity index (χ0) is 11.7. The summed E-state index contributed by atoms with van der Waals surface area (Å²) < 4.78 is 52.7. The molecule has 1 rings (SSSR count). The molecule has 7 heteroatoms. The predicted octanol–water partition coefficient (Wildman–Crippen LogP) is 0.478. The average Bonchev–Trinajstić information content (AvgIpc) is 1.99. The molecule has 0 aromatic heterocycles. The van der Waals surface area contributed by atoms with Gasteiger partial charge in [0.15, 0.2) is 9.84 Å². The van der Waals surface area contributed by atoms with Crippen LogP contribution in [0.1, 0.15) is 5.56 Å². The molecule has 0 saturated carbocycles. The second-order valence-corrected chi connectivity index (χ2v) is 6.68. The van der Waals surface area contributed by atoms with Crippen molar-refractivity contribution in [1.29, 1.82) is 0 Å². The molecule has 0 fully saturated rings. The van der Waals surface area contributed by atoms with Crippen LogP contribution in [0.2, 0.25) is 0 Å². The van der Waals surface area contributed by atoms with Gasteiger partial charge in [-0.25, -0.2) is 8.42 Å². The summed E-state index contributed by atoms with van der Waals surface area (Å²) in [6.07, 6.45) is 0.994. The predicted molar refractivity (Wildman–Crippen MR) is 54.8 cm³/mol. The fraction of sp³-hybridized carbons (Fsp3) is 0.250. The maximum atomic E-state index is 11.0. The molecular formula is C8H10O5S2. The third-order valence-corrected chi connectivity index (χ3v) is 3.46. The SMILES string of the molecule is CS(=O)(=O)Cc1ccccc1S(=O)(=O)O. The van der Waals surface area contributed by atoms with Crippen molar-refractivity contribution in [2.24, 2.45) is 0 Å². The van der Waals surface area contributed by atoms with E-state index in [2.05, 4.69) is 0 Å². The van der Waals surface area contributed by atoms with Gasteiger partial charge in [-0.2, -0.15) is 8.42 Å². The fourth-order valence-electron chi connectivity index (χ4n) is 1.16. The van der Waals surface area contributed by atoms with Gasteiger partial charge in [-0.3, -0.25) is 4.55 Å². The van der Waals surface area contributed by atoms with Gasteiger partial charge < -0.3 is 0 Å². The van der Waals surface area contributed by atoms with Crippen LogP contribution in [-0.2, 0) is 25.7 Å². The van der Waals surface area contributed by atoms with Gasteiger partial charge in [0.25, 0.3) is 10.1 Å². The maximum Gasteiger partial charge on any atom is 0.294 e. The normalized spacial score (nSPS) is 12.7. The number of hydrogen-bond donors (Lipinski definition) is 1. The quantitative estimate of drug-likeness (QED) is 0.788. The molecule has 1 aromatic rings. The van der Waals surface area contributed by atoms with Crippen LogP contribution in [0.5, 0.6) is 0 Å². The average molecular weight is 250 g/mol. The van der Waals surface area contributed by atoms with Gasteiger partial charge in [-0.05, 0) is 11.6 Å². The van der Waals surface area contributed by atoms with E-state index < -0.39 is 25.7 Å². The lowest BCUT2D eigenvalue weighted by Gasteiger charge is -2.04. The molecule has 0 radical (unpaired) electrons. The summed E-state index contributed by atoms with van der Waals surface area (Å²) in [6, 6.07) is 5.43. The Balaban J connectivity index is 3.32. The molecule has 0 aliphatic heterocycles. The van der Waals surface area contributed by atoms with Gasteiger partial charge in [0, 0.05) is 6.26 Å². The highest BCUT2D eigenvalue weighted by molar-refractivity contribution is 7.90. The first-order valence-corrected chi connectivity index (χ1v) is 7.43. The van der Waals surface area contributed by atoms with Gasteiger partial charge in [-0.1, -0.05) is 18.2 Å². The van der Waals surface area contributed by atoms with E-state index >= 15 is 0 Å². The smallest absolute Gasteiger partial charge is 0.282 e. The van der Waals surface area contributed by atoms with Crippen molar-refractivity contribution in [2.75, 3.05) is 6.26 Å². The lowest BCUT2D eigenvalue weighted by atomic mass is 10.2. The van der Waals surface area contributed by atoms with E-state index in [4.69, 9.17) is 4.55 Å². The lowest BCUT2D eigenvalue weighted by molar-refractivity contribution is 0.482. The Hall–Kier alpha value is -0.920. The zero-order valence-electron chi connectivity index (χ0n) is 7.91. The Bertz CT molecular complexity index is 556. The van der Waals surface area contributed by atoms with E-state index in [1.165, 1.54) is 18.2 Å². The van der Waals surface area contributed by atoms with Gasteiger partial charge in [0.05, 0.1) is 10.6 Å². The van der Waals surface area contributed by atoms with E-state index in [9.17, 15) is 16.8 Å². The number of rotatable bonds is 3. The first kappa shape index (κ1) is 12.2. The molecule has 0 aliphatic carbocycles. The van der Waals surface area contributed by atoms with Crippen molar-refractivity contribution in [2.45, 2.75) is 10.6 Å². The zero-order valence-corrected chi connectivity index (χ0v) is 9.55. The molecular weight excluding hydrogens is 240 g/mol. The fourth-order valence-corrected chi connectivity index (χ4v) is 2.79. The molecule has 1 N–H and O–H groups in total. The third kappa shape index (κ3) is 3.61. The van der Waals surface area contributed by atoms with Crippen LogP contribution in [0.15, 0.2) is 29.2 Å². The van der Waals surface area contributed by atoms with Crippen LogP contribution in [0.25, 0.3) is 0 Å². The summed E-state index contributed by atoms with van der Waals surface area (Å²) in [5.74, 6) is -0.414. The Morgan fingerprint density at radius 1 is 1.13 bits per heavy atom. The molecule has 0 bridgehead atoms. The molecule has 0 saturated heterocycles. The molecule has 0 amide bonds. The van der Waals surface area contributed by atoms with Crippen molar-refractivity contribution >= 4 is 20.0 Å². The molecule has 0 unspecified atom stereocenters. The maximum absolute atomic E-state index is 11.0. The highest BCUT2D eigenvalue weighted by atomic mass is 32.2. The molecule has 1 aromatic carbocycles. The Morgan fingerprint density at radius 3 is 2.13 bits per heavy atom. The standard InChI is InChI=1S/C8H10O5S2/c1-14(9,10)6-7-4-2-3-5-8(7)15(11,12)13/h2-5H,6H2,1H3,(H,11,12,13). The molecule has 0 heterocycles. The van der Waals surface area contributed by atoms with Crippen LogP contribution in [0.4, 0.5) is 0 Å². The summed E-state index contributed by atoms with van der Waals surface area (Å²) in [6.45, 7) is 0. The van der Waals surface area contributed by atoms with E-state index in [1.807, 2.05) is 0 Å². The number of sulfone groups is 1. The second kappa shape index (κ2) is 3.92. The molecule has 0 aliphatic rings. The van der Waals surface area contributed by atoms with Gasteiger partial charge in [0.2, 0.25) is 0 Å². The summed E-state index contributed by atoms with van der Waals surface area (Å²) in [5, 5.41) is 0. The van der Waals surface area contributed by atoms with Crippen LogP contribution >= 0.6 is 0 Å². The molecule has 15 heavy (non-hydrogen) atoms. The van der Waals surface area contributed by atoms with Crippen molar-refractivity contribution in [3.63, 3.8) is 0 Å². The molecule has 84 valence electrons.